The Bertz CT molecular complexity index is 863. The van der Waals surface area contributed by atoms with Crippen molar-refractivity contribution in [2.75, 3.05) is 7.11 Å². The fraction of sp³-hybridized carbons (Fsp3) is 0.235. The van der Waals surface area contributed by atoms with Crippen LogP contribution < -0.4 is 5.73 Å². The maximum absolute atomic E-state index is 8.81. The van der Waals surface area contributed by atoms with Gasteiger partial charge in [0.15, 0.2) is 0 Å². The van der Waals surface area contributed by atoms with Crippen LogP contribution in [-0.2, 0) is 4.74 Å². The lowest BCUT2D eigenvalue weighted by molar-refractivity contribution is 0.0935. The van der Waals surface area contributed by atoms with Gasteiger partial charge in [-0.05, 0) is 36.8 Å². The number of fused-ring (bicyclic) bond motifs is 1. The molecule has 0 bridgehead atoms. The minimum absolute atomic E-state index is 0.127. The molecule has 6 heteroatoms. The SMILES string of the molecule is CO[C@H](C)[C@H](N)c1nc2ccc(-c3ccc(C#N)nc3)cc2[nH]1. The lowest BCUT2D eigenvalue weighted by Crippen LogP contribution is -2.26. The largest absolute Gasteiger partial charge is 0.380 e. The molecule has 0 saturated heterocycles. The third-order valence-corrected chi connectivity index (χ3v) is 3.90. The number of aromatic nitrogens is 3. The Hall–Kier alpha value is -2.75. The topological polar surface area (TPSA) is 101 Å². The van der Waals surface area contributed by atoms with Crippen molar-refractivity contribution in [2.45, 2.75) is 19.1 Å². The number of benzene rings is 1. The summed E-state index contributed by atoms with van der Waals surface area (Å²) in [5.74, 6) is 0.699. The zero-order valence-corrected chi connectivity index (χ0v) is 12.9. The van der Waals surface area contributed by atoms with E-state index in [9.17, 15) is 0 Å². The van der Waals surface area contributed by atoms with E-state index in [4.69, 9.17) is 15.7 Å². The Labute approximate surface area is 133 Å². The molecule has 116 valence electrons. The number of nitriles is 1. The van der Waals surface area contributed by atoms with Crippen LogP contribution in [0.4, 0.5) is 0 Å². The van der Waals surface area contributed by atoms with E-state index in [2.05, 4.69) is 15.0 Å². The van der Waals surface area contributed by atoms with Gasteiger partial charge in [0.25, 0.3) is 0 Å². The molecule has 0 radical (unpaired) electrons. The van der Waals surface area contributed by atoms with E-state index in [0.29, 0.717) is 11.5 Å². The summed E-state index contributed by atoms with van der Waals surface area (Å²) >= 11 is 0. The van der Waals surface area contributed by atoms with Gasteiger partial charge >= 0.3 is 0 Å². The predicted molar refractivity (Wildman–Crippen MR) is 87.4 cm³/mol. The summed E-state index contributed by atoms with van der Waals surface area (Å²) in [7, 11) is 1.63. The third kappa shape index (κ3) is 2.93. The van der Waals surface area contributed by atoms with Crippen LogP contribution in [0.5, 0.6) is 0 Å². The number of rotatable bonds is 4. The molecular formula is C17H17N5O. The average molecular weight is 307 g/mol. The summed E-state index contributed by atoms with van der Waals surface area (Å²) in [5, 5.41) is 8.81. The van der Waals surface area contributed by atoms with E-state index in [1.165, 1.54) is 0 Å². The maximum atomic E-state index is 8.81. The summed E-state index contributed by atoms with van der Waals surface area (Å²) < 4.78 is 5.26. The highest BCUT2D eigenvalue weighted by Crippen LogP contribution is 2.24. The molecule has 0 unspecified atom stereocenters. The van der Waals surface area contributed by atoms with Crippen LogP contribution in [0.3, 0.4) is 0 Å². The summed E-state index contributed by atoms with van der Waals surface area (Å²) in [6, 6.07) is 11.2. The van der Waals surface area contributed by atoms with Gasteiger partial charge in [0.05, 0.1) is 23.2 Å². The van der Waals surface area contributed by atoms with Gasteiger partial charge in [-0.2, -0.15) is 5.26 Å². The minimum Gasteiger partial charge on any atom is -0.380 e. The van der Waals surface area contributed by atoms with E-state index in [1.807, 2.05) is 37.3 Å². The lowest BCUT2D eigenvalue weighted by atomic mass is 10.1. The smallest absolute Gasteiger partial charge is 0.140 e. The lowest BCUT2D eigenvalue weighted by Gasteiger charge is -2.15. The average Bonchev–Trinajstić information content (AvgIpc) is 3.03. The molecule has 3 rings (SSSR count). The maximum Gasteiger partial charge on any atom is 0.140 e. The Morgan fingerprint density at radius 1 is 1.26 bits per heavy atom. The van der Waals surface area contributed by atoms with Crippen molar-refractivity contribution in [3.05, 3.63) is 48.0 Å². The van der Waals surface area contributed by atoms with E-state index < -0.39 is 0 Å². The highest BCUT2D eigenvalue weighted by Gasteiger charge is 2.18. The number of pyridine rings is 1. The first kappa shape index (κ1) is 15.2. The Morgan fingerprint density at radius 2 is 2.04 bits per heavy atom. The van der Waals surface area contributed by atoms with Crippen LogP contribution in [0.25, 0.3) is 22.2 Å². The number of hydrogen-bond donors (Lipinski definition) is 2. The quantitative estimate of drug-likeness (QED) is 0.771. The van der Waals surface area contributed by atoms with E-state index in [-0.39, 0.29) is 12.1 Å². The van der Waals surface area contributed by atoms with Crippen molar-refractivity contribution < 1.29 is 4.74 Å². The third-order valence-electron chi connectivity index (χ3n) is 3.90. The van der Waals surface area contributed by atoms with Crippen LogP contribution >= 0.6 is 0 Å². The van der Waals surface area contributed by atoms with Crippen molar-refractivity contribution in [1.82, 2.24) is 15.0 Å². The molecule has 2 heterocycles. The molecule has 3 N–H and O–H groups in total. The fourth-order valence-corrected chi connectivity index (χ4v) is 2.37. The van der Waals surface area contributed by atoms with Gasteiger partial charge in [-0.3, -0.25) is 0 Å². The molecule has 2 aromatic heterocycles. The van der Waals surface area contributed by atoms with Crippen molar-refractivity contribution in [3.63, 3.8) is 0 Å². The molecule has 0 fully saturated rings. The Balaban J connectivity index is 1.97. The van der Waals surface area contributed by atoms with Gasteiger partial charge in [-0.1, -0.05) is 6.07 Å². The number of nitrogens with zero attached hydrogens (tertiary/aromatic N) is 3. The molecule has 1 aromatic carbocycles. The van der Waals surface area contributed by atoms with Gasteiger partial charge in [0.1, 0.15) is 17.6 Å². The van der Waals surface area contributed by atoms with E-state index in [0.717, 1.165) is 22.2 Å². The first-order chi connectivity index (χ1) is 11.1. The molecule has 0 aliphatic rings. The van der Waals surface area contributed by atoms with Crippen LogP contribution in [0, 0.1) is 11.3 Å². The van der Waals surface area contributed by atoms with Gasteiger partial charge < -0.3 is 15.5 Å². The van der Waals surface area contributed by atoms with Crippen LogP contribution in [-0.4, -0.2) is 28.2 Å². The van der Waals surface area contributed by atoms with Crippen molar-refractivity contribution >= 4 is 11.0 Å². The number of aromatic amines is 1. The summed E-state index contributed by atoms with van der Waals surface area (Å²) in [6.07, 6.45) is 1.56. The molecule has 0 amide bonds. The number of nitrogens with one attached hydrogen (secondary N) is 1. The first-order valence-electron chi connectivity index (χ1n) is 7.27. The van der Waals surface area contributed by atoms with Gasteiger partial charge in [-0.25, -0.2) is 9.97 Å². The molecule has 0 aliphatic heterocycles. The number of H-pyrrole nitrogens is 1. The Morgan fingerprint density at radius 3 is 2.70 bits per heavy atom. The highest BCUT2D eigenvalue weighted by molar-refractivity contribution is 5.81. The molecule has 23 heavy (non-hydrogen) atoms. The van der Waals surface area contributed by atoms with E-state index in [1.54, 1.807) is 19.4 Å². The molecular weight excluding hydrogens is 290 g/mol. The number of hydrogen-bond acceptors (Lipinski definition) is 5. The summed E-state index contributed by atoms with van der Waals surface area (Å²) in [5.41, 5.74) is 10.2. The monoisotopic (exact) mass is 307 g/mol. The van der Waals surface area contributed by atoms with E-state index >= 15 is 0 Å². The van der Waals surface area contributed by atoms with Crippen LogP contribution in [0.1, 0.15) is 24.5 Å². The second-order valence-electron chi connectivity index (χ2n) is 5.36. The standard InChI is InChI=1S/C17H17N5O/c1-10(23-2)16(19)17-21-14-6-4-11(7-15(14)22-17)12-3-5-13(8-18)20-9-12/h3-7,9-10,16H,19H2,1-2H3,(H,21,22)/t10-,16+/m1/s1. The highest BCUT2D eigenvalue weighted by atomic mass is 16.5. The molecule has 0 aliphatic carbocycles. The van der Waals surface area contributed by atoms with Crippen LogP contribution in [0.2, 0.25) is 0 Å². The summed E-state index contributed by atoms with van der Waals surface area (Å²) in [4.78, 5) is 11.9. The molecule has 0 saturated carbocycles. The van der Waals surface area contributed by atoms with Gasteiger partial charge in [0.2, 0.25) is 0 Å². The number of nitrogens with two attached hydrogens (primary N) is 1. The first-order valence-corrected chi connectivity index (χ1v) is 7.27. The van der Waals surface area contributed by atoms with Gasteiger partial charge in [0, 0.05) is 18.9 Å². The number of ether oxygens (including phenoxy) is 1. The predicted octanol–water partition coefficient (Wildman–Crippen LogP) is 2.53. The normalized spacial score (nSPS) is 13.7. The van der Waals surface area contributed by atoms with Crippen molar-refractivity contribution in [1.29, 1.82) is 5.26 Å². The summed E-state index contributed by atoms with van der Waals surface area (Å²) in [6.45, 7) is 1.91. The molecule has 0 spiro atoms. The molecule has 3 aromatic rings. The van der Waals surface area contributed by atoms with Crippen molar-refractivity contribution in [2.24, 2.45) is 5.73 Å². The van der Waals surface area contributed by atoms with Gasteiger partial charge in [-0.15, -0.1) is 0 Å². The second kappa shape index (κ2) is 6.16. The molecule has 6 nitrogen and oxygen atoms in total. The molecule has 2 atom stereocenters. The second-order valence-corrected chi connectivity index (χ2v) is 5.36. The van der Waals surface area contributed by atoms with Crippen LogP contribution in [0.15, 0.2) is 36.5 Å². The minimum atomic E-state index is -0.313. The zero-order chi connectivity index (χ0) is 16.4. The zero-order valence-electron chi connectivity index (χ0n) is 12.9. The Kier molecular flexibility index (Phi) is 4.06. The number of imidazole rings is 1. The fourth-order valence-electron chi connectivity index (χ4n) is 2.37. The van der Waals surface area contributed by atoms with Crippen molar-refractivity contribution in [3.8, 4) is 17.2 Å². The number of methoxy groups -OCH3 is 1.